The number of hydrogen-bond donors (Lipinski definition) is 5. The lowest BCUT2D eigenvalue weighted by molar-refractivity contribution is 0.0698. The number of aromatic nitrogens is 3. The highest BCUT2D eigenvalue weighted by atomic mass is 35.5. The zero-order chi connectivity index (χ0) is 28.9. The summed E-state index contributed by atoms with van der Waals surface area (Å²) < 4.78 is 25.3. The van der Waals surface area contributed by atoms with Crippen molar-refractivity contribution in [2.45, 2.75) is 19.9 Å². The molecule has 2 aromatic heterocycles. The van der Waals surface area contributed by atoms with Crippen LogP contribution in [-0.2, 0) is 16.3 Å². The van der Waals surface area contributed by atoms with Gasteiger partial charge in [-0.1, -0.05) is 35.3 Å². The topological polar surface area (TPSA) is 166 Å². The number of nitrogens with zero attached hydrogens (tertiary/aromatic N) is 3. The molecule has 1 atom stereocenters. The van der Waals surface area contributed by atoms with Gasteiger partial charge in [-0.3, -0.25) is 8.99 Å². The molecule has 0 fully saturated rings. The summed E-state index contributed by atoms with van der Waals surface area (Å²) >= 11 is 12.4. The highest BCUT2D eigenvalue weighted by Gasteiger charge is 2.18. The Morgan fingerprint density at radius 2 is 1.88 bits per heavy atom. The van der Waals surface area contributed by atoms with E-state index >= 15 is 0 Å². The number of nitrogens with one attached hydrogen (secondary N) is 4. The molecule has 2 heterocycles. The number of aryl methyl sites for hydroxylation is 1. The molecular formula is C26H27Cl2N7O4S. The lowest BCUT2D eigenvalue weighted by atomic mass is 10.2. The molecule has 0 amide bonds. The number of oxazole rings is 1. The molecule has 2 aromatic carbocycles. The first-order valence-corrected chi connectivity index (χ1v) is 15.0. The standard InChI is InChI=1S/C26H27Cl2N7O4S/c1-15-33-24(30-10-5-11-40(2,29)38)23(25(34-15)35-20-7-4-3-6-17(20)26(36)37)32-14-22-31-13-21(39-22)18-12-16(27)8-9-19(18)28/h3-4,6-9,12-13,29,32H,5,10-11,14H2,1-2H3,(H,36,37)(H2,30,33,34,35). The molecule has 1 unspecified atom stereocenters. The van der Waals surface area contributed by atoms with Crippen molar-refractivity contribution >= 4 is 61.9 Å². The smallest absolute Gasteiger partial charge is 0.337 e. The number of carboxylic acid groups (broad SMARTS) is 1. The fourth-order valence-corrected chi connectivity index (χ4v) is 4.86. The van der Waals surface area contributed by atoms with E-state index in [0.29, 0.717) is 69.1 Å². The maximum atomic E-state index is 11.8. The van der Waals surface area contributed by atoms with Crippen molar-refractivity contribution in [1.29, 1.82) is 4.78 Å². The number of carboxylic acids is 1. The number of carbonyl (C=O) groups is 1. The van der Waals surface area contributed by atoms with Gasteiger partial charge in [0.05, 0.1) is 29.0 Å². The first kappa shape index (κ1) is 29.1. The predicted molar refractivity (Wildman–Crippen MR) is 157 cm³/mol. The first-order valence-electron chi connectivity index (χ1n) is 12.1. The average Bonchev–Trinajstić information content (AvgIpc) is 3.36. The zero-order valence-electron chi connectivity index (χ0n) is 21.6. The van der Waals surface area contributed by atoms with Gasteiger partial charge in [0.15, 0.2) is 17.4 Å². The molecule has 0 saturated heterocycles. The van der Waals surface area contributed by atoms with Crippen molar-refractivity contribution in [2.24, 2.45) is 0 Å². The summed E-state index contributed by atoms with van der Waals surface area (Å²) in [5, 5.41) is 20.2. The highest BCUT2D eigenvalue weighted by Crippen LogP contribution is 2.33. The summed E-state index contributed by atoms with van der Waals surface area (Å²) in [4.78, 5) is 25.1. The Morgan fingerprint density at radius 1 is 1.12 bits per heavy atom. The van der Waals surface area contributed by atoms with Gasteiger partial charge in [-0.25, -0.2) is 19.7 Å². The first-order chi connectivity index (χ1) is 19.0. The van der Waals surface area contributed by atoms with Crippen LogP contribution in [0.5, 0.6) is 0 Å². The van der Waals surface area contributed by atoms with E-state index in [0.717, 1.165) is 0 Å². The maximum Gasteiger partial charge on any atom is 0.337 e. The third-order valence-electron chi connectivity index (χ3n) is 5.60. The number of hydrogen-bond acceptors (Lipinski definition) is 10. The number of benzene rings is 2. The van der Waals surface area contributed by atoms with Crippen molar-refractivity contribution in [3.8, 4) is 11.3 Å². The SMILES string of the molecule is Cc1nc(NCCCS(C)(=N)=O)c(NCc2ncc(-c3cc(Cl)ccc3Cl)o2)c(Nc2ccccc2C(=O)O)n1. The Labute approximate surface area is 241 Å². The van der Waals surface area contributed by atoms with Crippen LogP contribution in [-0.4, -0.2) is 48.8 Å². The Kier molecular flexibility index (Phi) is 9.13. The van der Waals surface area contributed by atoms with E-state index < -0.39 is 15.7 Å². The minimum Gasteiger partial charge on any atom is -0.478 e. The summed E-state index contributed by atoms with van der Waals surface area (Å²) in [5.74, 6) is 1.11. The van der Waals surface area contributed by atoms with E-state index in [1.54, 1.807) is 49.5 Å². The largest absolute Gasteiger partial charge is 0.478 e. The van der Waals surface area contributed by atoms with E-state index in [1.807, 2.05) is 0 Å². The normalized spacial score (nSPS) is 12.5. The van der Waals surface area contributed by atoms with Crippen LogP contribution in [0, 0.1) is 11.7 Å². The summed E-state index contributed by atoms with van der Waals surface area (Å²) in [5.41, 5.74) is 1.46. The molecule has 40 heavy (non-hydrogen) atoms. The lowest BCUT2D eigenvalue weighted by Gasteiger charge is -2.18. The van der Waals surface area contributed by atoms with Crippen molar-refractivity contribution in [3.63, 3.8) is 0 Å². The predicted octanol–water partition coefficient (Wildman–Crippen LogP) is 6.28. The van der Waals surface area contributed by atoms with E-state index in [1.165, 1.54) is 12.3 Å². The number of aromatic carboxylic acids is 1. The van der Waals surface area contributed by atoms with Gasteiger partial charge in [0.25, 0.3) is 0 Å². The van der Waals surface area contributed by atoms with Crippen molar-refractivity contribution in [2.75, 3.05) is 34.5 Å². The monoisotopic (exact) mass is 603 g/mol. The second-order valence-electron chi connectivity index (χ2n) is 8.90. The number of anilines is 4. The third-order valence-corrected chi connectivity index (χ3v) is 7.23. The van der Waals surface area contributed by atoms with Crippen molar-refractivity contribution < 1.29 is 18.5 Å². The zero-order valence-corrected chi connectivity index (χ0v) is 24.0. The van der Waals surface area contributed by atoms with Crippen LogP contribution in [0.1, 0.15) is 28.5 Å². The Bertz CT molecular complexity index is 1640. The molecule has 0 saturated carbocycles. The minimum absolute atomic E-state index is 0.0723. The van der Waals surface area contributed by atoms with Crippen LogP contribution in [0.15, 0.2) is 53.1 Å². The molecule has 4 aromatic rings. The summed E-state index contributed by atoms with van der Waals surface area (Å²) in [6.07, 6.45) is 3.43. The molecule has 0 aliphatic rings. The maximum absolute atomic E-state index is 11.8. The molecule has 210 valence electrons. The Balaban J connectivity index is 1.64. The van der Waals surface area contributed by atoms with Crippen molar-refractivity contribution in [1.82, 2.24) is 15.0 Å². The molecule has 11 nitrogen and oxygen atoms in total. The van der Waals surface area contributed by atoms with E-state index in [2.05, 4.69) is 30.9 Å². The van der Waals surface area contributed by atoms with Gasteiger partial charge in [-0.2, -0.15) is 0 Å². The van der Waals surface area contributed by atoms with Crippen LogP contribution in [0.25, 0.3) is 11.3 Å². The number of para-hydroxylation sites is 1. The molecule has 4 rings (SSSR count). The highest BCUT2D eigenvalue weighted by molar-refractivity contribution is 7.91. The Morgan fingerprint density at radius 3 is 2.62 bits per heavy atom. The van der Waals surface area contributed by atoms with Crippen LogP contribution < -0.4 is 16.0 Å². The molecule has 0 aliphatic heterocycles. The van der Waals surface area contributed by atoms with E-state index in [9.17, 15) is 14.1 Å². The van der Waals surface area contributed by atoms with Crippen molar-refractivity contribution in [3.05, 3.63) is 76.0 Å². The Hall–Kier alpha value is -3.87. The molecule has 0 spiro atoms. The fourth-order valence-electron chi connectivity index (χ4n) is 3.79. The molecular weight excluding hydrogens is 577 g/mol. The average molecular weight is 605 g/mol. The van der Waals surface area contributed by atoms with Crippen LogP contribution >= 0.6 is 23.2 Å². The molecule has 14 heteroatoms. The van der Waals surface area contributed by atoms with E-state index in [4.69, 9.17) is 32.4 Å². The van der Waals surface area contributed by atoms with Gasteiger partial charge in [0, 0.05) is 38.9 Å². The fraction of sp³-hybridized carbons (Fsp3) is 0.231. The molecule has 0 bridgehead atoms. The summed E-state index contributed by atoms with van der Waals surface area (Å²) in [7, 11) is -2.63. The quantitative estimate of drug-likeness (QED) is 0.116. The number of rotatable bonds is 12. The van der Waals surface area contributed by atoms with Gasteiger partial charge in [0.2, 0.25) is 5.89 Å². The van der Waals surface area contributed by atoms with Gasteiger partial charge in [-0.05, 0) is 43.7 Å². The third kappa shape index (κ3) is 7.62. The van der Waals surface area contributed by atoms with Crippen LogP contribution in [0.4, 0.5) is 23.0 Å². The molecule has 0 radical (unpaired) electrons. The second kappa shape index (κ2) is 12.5. The van der Waals surface area contributed by atoms with Crippen LogP contribution in [0.3, 0.4) is 0 Å². The van der Waals surface area contributed by atoms with Gasteiger partial charge >= 0.3 is 5.97 Å². The number of halogens is 2. The van der Waals surface area contributed by atoms with Gasteiger partial charge in [0.1, 0.15) is 11.5 Å². The minimum atomic E-state index is -2.63. The second-order valence-corrected chi connectivity index (χ2v) is 12.2. The summed E-state index contributed by atoms with van der Waals surface area (Å²) in [6, 6.07) is 11.5. The lowest BCUT2D eigenvalue weighted by Crippen LogP contribution is -2.15. The summed E-state index contributed by atoms with van der Waals surface area (Å²) in [6.45, 7) is 2.24. The van der Waals surface area contributed by atoms with E-state index in [-0.39, 0.29) is 17.9 Å². The van der Waals surface area contributed by atoms with Crippen LogP contribution in [0.2, 0.25) is 10.0 Å². The van der Waals surface area contributed by atoms with Gasteiger partial charge in [-0.15, -0.1) is 0 Å². The molecule has 0 aliphatic carbocycles. The van der Waals surface area contributed by atoms with Gasteiger partial charge < -0.3 is 25.5 Å². The molecule has 5 N–H and O–H groups in total.